The molecule has 28 heavy (non-hydrogen) atoms. The normalized spacial score (nSPS) is 15.6. The summed E-state index contributed by atoms with van der Waals surface area (Å²) in [5.74, 6) is 3.12. The van der Waals surface area contributed by atoms with E-state index in [9.17, 15) is 0 Å². The van der Waals surface area contributed by atoms with Crippen molar-refractivity contribution in [2.45, 2.75) is 39.5 Å². The molecule has 0 saturated carbocycles. The zero-order valence-corrected chi connectivity index (χ0v) is 20.1. The van der Waals surface area contributed by atoms with E-state index in [1.807, 2.05) is 18.2 Å². The molecule has 1 aliphatic heterocycles. The number of likely N-dealkylation sites (tertiary alicyclic amines) is 1. The van der Waals surface area contributed by atoms with Crippen molar-refractivity contribution < 1.29 is 9.47 Å². The van der Waals surface area contributed by atoms with E-state index in [-0.39, 0.29) is 24.0 Å². The molecule has 0 atom stereocenters. The van der Waals surface area contributed by atoms with Gasteiger partial charge in [0.2, 0.25) is 0 Å². The SMILES string of the molecule is CCNC(=NCCCCN1CCC(C)CC1)Nc1ccc(OC)c(OC)c1.I. The van der Waals surface area contributed by atoms with Gasteiger partial charge >= 0.3 is 0 Å². The third-order valence-corrected chi connectivity index (χ3v) is 5.02. The molecule has 0 unspecified atom stereocenters. The van der Waals surface area contributed by atoms with Gasteiger partial charge in [-0.15, -0.1) is 24.0 Å². The summed E-state index contributed by atoms with van der Waals surface area (Å²) >= 11 is 0. The molecule has 1 fully saturated rings. The molecule has 1 aromatic rings. The number of guanidine groups is 1. The predicted octanol–water partition coefficient (Wildman–Crippen LogP) is 4.21. The fourth-order valence-electron chi connectivity index (χ4n) is 3.28. The van der Waals surface area contributed by atoms with Crippen LogP contribution in [0.5, 0.6) is 11.5 Å². The lowest BCUT2D eigenvalue weighted by atomic mass is 9.99. The van der Waals surface area contributed by atoms with Crippen LogP contribution in [0, 0.1) is 5.92 Å². The van der Waals surface area contributed by atoms with Crippen LogP contribution >= 0.6 is 24.0 Å². The summed E-state index contributed by atoms with van der Waals surface area (Å²) < 4.78 is 10.7. The number of nitrogens with one attached hydrogen (secondary N) is 2. The van der Waals surface area contributed by atoms with Gasteiger partial charge in [-0.2, -0.15) is 0 Å². The first-order chi connectivity index (χ1) is 13.2. The number of nitrogens with zero attached hydrogens (tertiary/aromatic N) is 2. The Labute approximate surface area is 187 Å². The molecule has 1 aromatic carbocycles. The molecule has 1 saturated heterocycles. The summed E-state index contributed by atoms with van der Waals surface area (Å²) in [7, 11) is 3.28. The van der Waals surface area contributed by atoms with Crippen molar-refractivity contribution in [3.05, 3.63) is 18.2 Å². The maximum Gasteiger partial charge on any atom is 0.195 e. The average molecular weight is 504 g/mol. The van der Waals surface area contributed by atoms with Crippen molar-refractivity contribution in [3.63, 3.8) is 0 Å². The fourth-order valence-corrected chi connectivity index (χ4v) is 3.28. The first-order valence-electron chi connectivity index (χ1n) is 10.2. The summed E-state index contributed by atoms with van der Waals surface area (Å²) in [4.78, 5) is 7.30. The van der Waals surface area contributed by atoms with Crippen LogP contribution < -0.4 is 20.1 Å². The number of piperidine rings is 1. The van der Waals surface area contributed by atoms with E-state index in [0.717, 1.165) is 42.8 Å². The number of unbranched alkanes of at least 4 members (excludes halogenated alkanes) is 1. The number of anilines is 1. The van der Waals surface area contributed by atoms with E-state index in [1.165, 1.54) is 38.9 Å². The van der Waals surface area contributed by atoms with Gasteiger partial charge in [-0.3, -0.25) is 4.99 Å². The molecule has 0 spiro atoms. The molecule has 1 heterocycles. The highest BCUT2D eigenvalue weighted by Gasteiger charge is 2.14. The standard InChI is InChI=1S/C21H36N4O2.HI/c1-5-22-21(24-18-8-9-19(26-3)20(16-18)27-4)23-12-6-7-13-25-14-10-17(2)11-15-25;/h8-9,16-17H,5-7,10-15H2,1-4H3,(H2,22,23,24);1H. The van der Waals surface area contributed by atoms with Crippen LogP contribution in [0.15, 0.2) is 23.2 Å². The van der Waals surface area contributed by atoms with Crippen molar-refractivity contribution in [2.75, 3.05) is 52.3 Å². The minimum Gasteiger partial charge on any atom is -0.493 e. The summed E-state index contributed by atoms with van der Waals surface area (Å²) in [5, 5.41) is 6.64. The first-order valence-corrected chi connectivity index (χ1v) is 10.2. The van der Waals surface area contributed by atoms with E-state index >= 15 is 0 Å². The molecule has 0 aromatic heterocycles. The lowest BCUT2D eigenvalue weighted by Crippen LogP contribution is -2.33. The number of benzene rings is 1. The Hall–Kier alpha value is -1.22. The van der Waals surface area contributed by atoms with Gasteiger partial charge in [0.15, 0.2) is 17.5 Å². The number of hydrogen-bond acceptors (Lipinski definition) is 4. The van der Waals surface area contributed by atoms with Crippen LogP contribution in [0.4, 0.5) is 5.69 Å². The lowest BCUT2D eigenvalue weighted by Gasteiger charge is -2.30. The van der Waals surface area contributed by atoms with Gasteiger partial charge in [-0.1, -0.05) is 6.92 Å². The second-order valence-electron chi connectivity index (χ2n) is 7.19. The number of methoxy groups -OCH3 is 2. The Bertz CT molecular complexity index is 590. The van der Waals surface area contributed by atoms with Crippen LogP contribution in [0.1, 0.15) is 39.5 Å². The van der Waals surface area contributed by atoms with Gasteiger partial charge < -0.3 is 25.0 Å². The number of hydrogen-bond donors (Lipinski definition) is 2. The molecular weight excluding hydrogens is 467 g/mol. The van der Waals surface area contributed by atoms with E-state index in [0.29, 0.717) is 5.75 Å². The number of halogens is 1. The summed E-state index contributed by atoms with van der Waals surface area (Å²) in [6, 6.07) is 5.78. The maximum absolute atomic E-state index is 5.37. The minimum absolute atomic E-state index is 0. The molecule has 0 amide bonds. The quantitative estimate of drug-likeness (QED) is 0.229. The number of aliphatic imine (C=N–C) groups is 1. The lowest BCUT2D eigenvalue weighted by molar-refractivity contribution is 0.190. The summed E-state index contributed by atoms with van der Waals surface area (Å²) in [6.07, 6.45) is 5.00. The largest absolute Gasteiger partial charge is 0.493 e. The molecule has 1 aliphatic rings. The van der Waals surface area contributed by atoms with Crippen LogP contribution in [-0.2, 0) is 0 Å². The molecular formula is C21H37IN4O2. The van der Waals surface area contributed by atoms with E-state index in [2.05, 4.69) is 29.4 Å². The van der Waals surface area contributed by atoms with Gasteiger partial charge in [0.1, 0.15) is 0 Å². The van der Waals surface area contributed by atoms with Crippen molar-refractivity contribution in [1.29, 1.82) is 0 Å². The van der Waals surface area contributed by atoms with E-state index < -0.39 is 0 Å². The third-order valence-electron chi connectivity index (χ3n) is 5.02. The van der Waals surface area contributed by atoms with Crippen LogP contribution in [0.25, 0.3) is 0 Å². The van der Waals surface area contributed by atoms with Gasteiger partial charge in [-0.05, 0) is 70.3 Å². The van der Waals surface area contributed by atoms with Crippen molar-refractivity contribution in [1.82, 2.24) is 10.2 Å². The molecule has 0 aliphatic carbocycles. The molecule has 6 nitrogen and oxygen atoms in total. The van der Waals surface area contributed by atoms with Gasteiger partial charge in [0.05, 0.1) is 14.2 Å². The Balaban J connectivity index is 0.00000392. The monoisotopic (exact) mass is 504 g/mol. The first kappa shape index (κ1) is 24.8. The zero-order valence-electron chi connectivity index (χ0n) is 17.8. The van der Waals surface area contributed by atoms with Crippen LogP contribution in [-0.4, -0.2) is 57.8 Å². The zero-order chi connectivity index (χ0) is 19.5. The molecule has 0 bridgehead atoms. The number of rotatable bonds is 9. The van der Waals surface area contributed by atoms with E-state index in [4.69, 9.17) is 14.5 Å². The van der Waals surface area contributed by atoms with Crippen molar-refractivity contribution >= 4 is 35.6 Å². The summed E-state index contributed by atoms with van der Waals surface area (Å²) in [5.41, 5.74) is 0.926. The van der Waals surface area contributed by atoms with Gasteiger partial charge in [-0.25, -0.2) is 0 Å². The Kier molecular flexibility index (Phi) is 12.3. The maximum atomic E-state index is 5.37. The highest BCUT2D eigenvalue weighted by Crippen LogP contribution is 2.29. The molecule has 2 N–H and O–H groups in total. The Morgan fingerprint density at radius 3 is 2.50 bits per heavy atom. The van der Waals surface area contributed by atoms with E-state index in [1.54, 1.807) is 14.2 Å². The molecule has 0 radical (unpaired) electrons. The second-order valence-corrected chi connectivity index (χ2v) is 7.19. The highest BCUT2D eigenvalue weighted by molar-refractivity contribution is 14.0. The van der Waals surface area contributed by atoms with Gasteiger partial charge in [0, 0.05) is 24.8 Å². The molecule has 160 valence electrons. The second kappa shape index (κ2) is 13.9. The van der Waals surface area contributed by atoms with Crippen molar-refractivity contribution in [2.24, 2.45) is 10.9 Å². The molecule has 2 rings (SSSR count). The smallest absolute Gasteiger partial charge is 0.195 e. The average Bonchev–Trinajstić information content (AvgIpc) is 2.69. The fraction of sp³-hybridized carbons (Fsp3) is 0.667. The predicted molar refractivity (Wildman–Crippen MR) is 129 cm³/mol. The minimum atomic E-state index is 0. The Morgan fingerprint density at radius 2 is 1.86 bits per heavy atom. The summed E-state index contributed by atoms with van der Waals surface area (Å²) in [6.45, 7) is 9.80. The topological polar surface area (TPSA) is 58.1 Å². The van der Waals surface area contributed by atoms with Crippen LogP contribution in [0.2, 0.25) is 0 Å². The van der Waals surface area contributed by atoms with Crippen LogP contribution in [0.3, 0.4) is 0 Å². The highest BCUT2D eigenvalue weighted by atomic mass is 127. The number of ether oxygens (including phenoxy) is 2. The third kappa shape index (κ3) is 8.43. The van der Waals surface area contributed by atoms with Crippen molar-refractivity contribution in [3.8, 4) is 11.5 Å². The Morgan fingerprint density at radius 1 is 1.14 bits per heavy atom. The molecule has 7 heteroatoms. The van der Waals surface area contributed by atoms with Gasteiger partial charge in [0.25, 0.3) is 0 Å².